The van der Waals surface area contributed by atoms with Gasteiger partial charge >= 0.3 is 0 Å². The SMILES string of the molecule is C#C.C=C/C=C(\C=C/C(C)NC(=C)C(C)(C)CC)CCC/C(C=C=CCC1=CC=CC(CCCC)C=C1)=C/C.CC. The molecule has 226 valence electrons. The fourth-order valence-electron chi connectivity index (χ4n) is 3.97. The first-order valence-electron chi connectivity index (χ1n) is 15.7. The van der Waals surface area contributed by atoms with Gasteiger partial charge in [-0.2, -0.15) is 0 Å². The monoisotopic (exact) mass is 555 g/mol. The highest BCUT2D eigenvalue weighted by Gasteiger charge is 2.19. The van der Waals surface area contributed by atoms with E-state index >= 15 is 0 Å². The van der Waals surface area contributed by atoms with Crippen molar-refractivity contribution < 1.29 is 0 Å². The predicted molar refractivity (Wildman–Crippen MR) is 189 cm³/mol. The Labute approximate surface area is 256 Å². The largest absolute Gasteiger partial charge is 0.382 e. The van der Waals surface area contributed by atoms with Gasteiger partial charge in [0.1, 0.15) is 0 Å². The van der Waals surface area contributed by atoms with Crippen molar-refractivity contribution in [3.63, 3.8) is 0 Å². The third-order valence-corrected chi connectivity index (χ3v) is 7.18. The second kappa shape index (κ2) is 25.7. The van der Waals surface area contributed by atoms with Crippen molar-refractivity contribution in [1.29, 1.82) is 0 Å². The van der Waals surface area contributed by atoms with E-state index in [1.165, 1.54) is 36.0 Å². The molecule has 0 aromatic heterocycles. The molecule has 0 saturated heterocycles. The second-order valence-electron chi connectivity index (χ2n) is 10.7. The van der Waals surface area contributed by atoms with Crippen LogP contribution in [-0.4, -0.2) is 6.04 Å². The molecule has 0 saturated carbocycles. The molecule has 0 aromatic carbocycles. The topological polar surface area (TPSA) is 12.0 Å². The van der Waals surface area contributed by atoms with Crippen LogP contribution in [0.15, 0.2) is 114 Å². The molecule has 2 atom stereocenters. The lowest BCUT2D eigenvalue weighted by Gasteiger charge is -2.28. The lowest BCUT2D eigenvalue weighted by atomic mass is 9.86. The summed E-state index contributed by atoms with van der Waals surface area (Å²) >= 11 is 0. The molecule has 0 spiro atoms. The first-order chi connectivity index (χ1) is 19.7. The zero-order valence-electron chi connectivity index (χ0n) is 27.8. The van der Waals surface area contributed by atoms with Gasteiger partial charge in [0, 0.05) is 17.2 Å². The zero-order chi connectivity index (χ0) is 31.5. The summed E-state index contributed by atoms with van der Waals surface area (Å²) in [6.07, 6.45) is 43.3. The molecule has 1 N–H and O–H groups in total. The van der Waals surface area contributed by atoms with E-state index < -0.39 is 0 Å². The normalized spacial score (nSPS) is 15.7. The molecular weight excluding hydrogens is 494 g/mol. The van der Waals surface area contributed by atoms with E-state index in [-0.39, 0.29) is 11.5 Å². The number of hydrogen-bond donors (Lipinski definition) is 1. The fourth-order valence-corrected chi connectivity index (χ4v) is 3.97. The molecule has 0 aromatic rings. The average Bonchev–Trinajstić information content (AvgIpc) is 3.22. The highest BCUT2D eigenvalue weighted by atomic mass is 14.9. The first kappa shape index (κ1) is 39.9. The quantitative estimate of drug-likeness (QED) is 0.107. The van der Waals surface area contributed by atoms with Gasteiger partial charge in [-0.3, -0.25) is 0 Å². The molecule has 0 bridgehead atoms. The molecule has 0 heterocycles. The van der Waals surface area contributed by atoms with Crippen LogP contribution in [0.2, 0.25) is 0 Å². The molecule has 1 aliphatic carbocycles. The van der Waals surface area contributed by atoms with Crippen LogP contribution >= 0.6 is 0 Å². The van der Waals surface area contributed by atoms with Crippen LogP contribution in [0.1, 0.15) is 107 Å². The van der Waals surface area contributed by atoms with Gasteiger partial charge in [-0.05, 0) is 87.2 Å². The van der Waals surface area contributed by atoms with Crippen LogP contribution in [0.5, 0.6) is 0 Å². The Kier molecular flexibility index (Phi) is 25.1. The molecule has 0 fully saturated rings. The maximum atomic E-state index is 4.25. The summed E-state index contributed by atoms with van der Waals surface area (Å²) in [4.78, 5) is 0. The van der Waals surface area contributed by atoms with Gasteiger partial charge in [0.15, 0.2) is 0 Å². The predicted octanol–water partition coefficient (Wildman–Crippen LogP) is 11.9. The first-order valence-corrected chi connectivity index (χ1v) is 15.7. The molecule has 1 rings (SSSR count). The molecule has 2 unspecified atom stereocenters. The minimum atomic E-state index is 0.102. The Morgan fingerprint density at radius 2 is 1.80 bits per heavy atom. The number of allylic oxidation sites excluding steroid dienone is 14. The summed E-state index contributed by atoms with van der Waals surface area (Å²) in [5.74, 6) is 0.574. The molecule has 0 amide bonds. The van der Waals surface area contributed by atoms with Gasteiger partial charge < -0.3 is 5.32 Å². The van der Waals surface area contributed by atoms with Crippen molar-refractivity contribution in [3.05, 3.63) is 114 Å². The summed E-state index contributed by atoms with van der Waals surface area (Å²) in [5.41, 5.74) is 8.58. The van der Waals surface area contributed by atoms with E-state index in [1.807, 2.05) is 19.9 Å². The van der Waals surface area contributed by atoms with Crippen molar-refractivity contribution in [2.24, 2.45) is 11.3 Å². The standard InChI is InChI=1S/C36H53N.C2H6.C2H2/c1-9-13-19-34-24-17-25-35(29-28-34)21-15-14-20-32(11-3)22-16-23-33(18-10-2)27-26-30(5)37-31(6)36(7,8)12-4;2*1-2/h10-11,15,17-18,20,24-30,34,37H,2,6,9,12-13,16,19,21-23H2,1,3-5,7-8H3;1-2H3;1-2H/b27-26-,32-11+,33-18-;;. The van der Waals surface area contributed by atoms with Gasteiger partial charge in [-0.1, -0.05) is 128 Å². The van der Waals surface area contributed by atoms with E-state index in [9.17, 15) is 0 Å². The van der Waals surface area contributed by atoms with Crippen LogP contribution < -0.4 is 5.32 Å². The Bertz CT molecular complexity index is 993. The Morgan fingerprint density at radius 3 is 2.41 bits per heavy atom. The van der Waals surface area contributed by atoms with Crippen LogP contribution in [0, 0.1) is 24.2 Å². The molecule has 0 radical (unpaired) electrons. The van der Waals surface area contributed by atoms with Gasteiger partial charge in [0.2, 0.25) is 0 Å². The average molecular weight is 556 g/mol. The van der Waals surface area contributed by atoms with Crippen LogP contribution in [-0.2, 0) is 0 Å². The second-order valence-corrected chi connectivity index (χ2v) is 10.7. The summed E-state index contributed by atoms with van der Waals surface area (Å²) in [6.45, 7) is 25.4. The number of hydrogen-bond acceptors (Lipinski definition) is 1. The highest BCUT2D eigenvalue weighted by molar-refractivity contribution is 5.31. The maximum absolute atomic E-state index is 4.25. The van der Waals surface area contributed by atoms with Crippen molar-refractivity contribution in [2.45, 2.75) is 113 Å². The lowest BCUT2D eigenvalue weighted by Crippen LogP contribution is -2.31. The maximum Gasteiger partial charge on any atom is 0.0416 e. The molecule has 41 heavy (non-hydrogen) atoms. The molecule has 1 heteroatoms. The summed E-state index contributed by atoms with van der Waals surface area (Å²) in [6, 6.07) is 0.238. The van der Waals surface area contributed by atoms with Crippen LogP contribution in [0.25, 0.3) is 0 Å². The van der Waals surface area contributed by atoms with Crippen molar-refractivity contribution in [3.8, 4) is 12.8 Å². The minimum Gasteiger partial charge on any atom is -0.382 e. The summed E-state index contributed by atoms with van der Waals surface area (Å²) in [7, 11) is 0. The zero-order valence-corrected chi connectivity index (χ0v) is 27.8. The number of terminal acetylenes is 1. The smallest absolute Gasteiger partial charge is 0.0416 e. The van der Waals surface area contributed by atoms with E-state index in [0.29, 0.717) is 5.92 Å². The van der Waals surface area contributed by atoms with E-state index in [4.69, 9.17) is 0 Å². The van der Waals surface area contributed by atoms with Gasteiger partial charge in [0.25, 0.3) is 0 Å². The molecular formula is C40H61N. The van der Waals surface area contributed by atoms with Crippen LogP contribution in [0.3, 0.4) is 0 Å². The highest BCUT2D eigenvalue weighted by Crippen LogP contribution is 2.27. The summed E-state index contributed by atoms with van der Waals surface area (Å²) < 4.78 is 0. The lowest BCUT2D eigenvalue weighted by molar-refractivity contribution is 0.393. The van der Waals surface area contributed by atoms with E-state index in [0.717, 1.165) is 37.8 Å². The Balaban J connectivity index is 0. The third kappa shape index (κ3) is 19.5. The summed E-state index contributed by atoms with van der Waals surface area (Å²) in [5, 5.41) is 3.55. The molecule has 0 aliphatic heterocycles. The van der Waals surface area contributed by atoms with Crippen molar-refractivity contribution in [1.82, 2.24) is 5.32 Å². The fraction of sp³-hybridized carbons (Fsp3) is 0.475. The Hall–Kier alpha value is -3.20. The molecule has 1 aliphatic rings. The van der Waals surface area contributed by atoms with Crippen LogP contribution in [0.4, 0.5) is 0 Å². The molecule has 1 nitrogen and oxygen atoms in total. The number of rotatable bonds is 17. The van der Waals surface area contributed by atoms with Gasteiger partial charge in [0.05, 0.1) is 0 Å². The Morgan fingerprint density at radius 1 is 1.12 bits per heavy atom. The minimum absolute atomic E-state index is 0.102. The number of unbranched alkanes of at least 4 members (excludes halogenated alkanes) is 1. The third-order valence-electron chi connectivity index (χ3n) is 7.18. The van der Waals surface area contributed by atoms with Crippen molar-refractivity contribution in [2.75, 3.05) is 0 Å². The number of nitrogens with one attached hydrogen (secondary N) is 1. The van der Waals surface area contributed by atoms with Gasteiger partial charge in [-0.25, -0.2) is 0 Å². The van der Waals surface area contributed by atoms with Crippen molar-refractivity contribution >= 4 is 0 Å². The van der Waals surface area contributed by atoms with E-state index in [2.05, 4.69) is 145 Å². The van der Waals surface area contributed by atoms with E-state index in [1.54, 1.807) is 0 Å². The van der Waals surface area contributed by atoms with Gasteiger partial charge in [-0.15, -0.1) is 18.6 Å².